The highest BCUT2D eigenvalue weighted by atomic mass is 16.5. The molecule has 0 aliphatic carbocycles. The minimum absolute atomic E-state index is 0.0682. The van der Waals surface area contributed by atoms with Crippen LogP contribution in [0.4, 0.5) is 0 Å². The number of nitrogens with zero attached hydrogens (tertiary/aromatic N) is 2. The van der Waals surface area contributed by atoms with Crippen LogP contribution in [-0.2, 0) is 9.53 Å². The van der Waals surface area contributed by atoms with Gasteiger partial charge in [-0.25, -0.2) is 4.79 Å². The molecule has 6 heteroatoms. The van der Waals surface area contributed by atoms with Gasteiger partial charge in [-0.2, -0.15) is 0 Å². The highest BCUT2D eigenvalue weighted by Crippen LogP contribution is 2.07. The summed E-state index contributed by atoms with van der Waals surface area (Å²) in [5, 5.41) is 11.8. The van der Waals surface area contributed by atoms with E-state index in [-0.39, 0.29) is 6.61 Å². The fourth-order valence-corrected chi connectivity index (χ4v) is 0.553. The molecule has 0 aromatic rings. The van der Waals surface area contributed by atoms with Crippen molar-refractivity contribution in [2.75, 3.05) is 6.61 Å². The van der Waals surface area contributed by atoms with Crippen LogP contribution in [0.2, 0.25) is 0 Å². The molecule has 0 aliphatic heterocycles. The van der Waals surface area contributed by atoms with Gasteiger partial charge in [0, 0.05) is 0 Å². The Labute approximate surface area is 76.1 Å². The second-order valence-electron chi connectivity index (χ2n) is 3.49. The Morgan fingerprint density at radius 1 is 1.69 bits per heavy atom. The molecule has 1 atom stereocenters. The number of ether oxygens (including phenoxy) is 1. The number of hydrogen-bond acceptors (Lipinski definition) is 4. The van der Waals surface area contributed by atoms with Gasteiger partial charge in [0.2, 0.25) is 4.91 Å². The number of rotatable bonds is 4. The molecule has 13 heavy (non-hydrogen) atoms. The molecule has 0 saturated carbocycles. The highest BCUT2D eigenvalue weighted by molar-refractivity contribution is 5.73. The number of nitrogens with one attached hydrogen (secondary N) is 1. The zero-order valence-corrected chi connectivity index (χ0v) is 7.94. The van der Waals surface area contributed by atoms with E-state index in [1.54, 1.807) is 0 Å². The number of aliphatic carboxylic acids is 1. The van der Waals surface area contributed by atoms with Crippen molar-refractivity contribution in [1.29, 1.82) is 5.53 Å². The minimum Gasteiger partial charge on any atom is -0.479 e. The minimum atomic E-state index is -1.14. The predicted molar refractivity (Wildman–Crippen MR) is 44.4 cm³/mol. The Balaban J connectivity index is 4.13. The maximum atomic E-state index is 10.5. The van der Waals surface area contributed by atoms with Crippen molar-refractivity contribution in [3.8, 4) is 0 Å². The van der Waals surface area contributed by atoms with E-state index < -0.39 is 17.6 Å². The second kappa shape index (κ2) is 4.69. The number of carbonyl (C=O) groups is 1. The first-order valence-electron chi connectivity index (χ1n) is 3.80. The molecule has 1 unspecified atom stereocenters. The van der Waals surface area contributed by atoms with Gasteiger partial charge in [-0.3, -0.25) is 0 Å². The van der Waals surface area contributed by atoms with E-state index >= 15 is 0 Å². The Kier molecular flexibility index (Phi) is 4.23. The molecule has 2 N–H and O–H groups in total. The molecular formula is C7H14N3O3+. The zero-order chi connectivity index (χ0) is 10.5. The van der Waals surface area contributed by atoms with Gasteiger partial charge in [-0.05, 0) is 20.8 Å². The molecule has 74 valence electrons. The molecule has 0 radical (unpaired) electrons. The molecule has 0 aliphatic rings. The lowest BCUT2D eigenvalue weighted by atomic mass is 10.2. The maximum Gasteiger partial charge on any atom is 0.338 e. The Morgan fingerprint density at radius 3 is 2.54 bits per heavy atom. The molecule has 0 rings (SSSR count). The van der Waals surface area contributed by atoms with Gasteiger partial charge in [0.1, 0.15) is 10.6 Å². The monoisotopic (exact) mass is 188 g/mol. The van der Waals surface area contributed by atoms with E-state index in [1.165, 1.54) is 0 Å². The molecule has 0 heterocycles. The third kappa shape index (κ3) is 5.95. The van der Waals surface area contributed by atoms with Crippen LogP contribution in [0.1, 0.15) is 20.8 Å². The average Bonchev–Trinajstić information content (AvgIpc) is 1.95. The quantitative estimate of drug-likeness (QED) is 0.504. The largest absolute Gasteiger partial charge is 0.479 e. The molecule has 0 amide bonds. The first-order valence-corrected chi connectivity index (χ1v) is 3.80. The second-order valence-corrected chi connectivity index (χ2v) is 3.49. The zero-order valence-electron chi connectivity index (χ0n) is 7.94. The lowest BCUT2D eigenvalue weighted by molar-refractivity contribution is -0.141. The summed E-state index contributed by atoms with van der Waals surface area (Å²) >= 11 is 0. The van der Waals surface area contributed by atoms with E-state index in [1.807, 2.05) is 20.8 Å². The molecule has 0 saturated heterocycles. The Hall–Kier alpha value is -1.26. The molecule has 0 spiro atoms. The molecule has 6 nitrogen and oxygen atoms in total. The summed E-state index contributed by atoms with van der Waals surface area (Å²) in [4.78, 5) is 13.2. The number of carboxylic acids is 1. The maximum absolute atomic E-state index is 10.5. The standard InChI is InChI=1S/C7H13N3O3/c1-7(2,3)13-4-5(6(11)12)9-10-8/h5,8H,4H2,1-3H3/p+1. The molecule has 0 aromatic carbocycles. The number of hydrogen-bond donors (Lipinski definition) is 2. The lowest BCUT2D eigenvalue weighted by Crippen LogP contribution is -2.30. The molecule has 0 aromatic heterocycles. The van der Waals surface area contributed by atoms with E-state index in [0.717, 1.165) is 0 Å². The lowest BCUT2D eigenvalue weighted by Gasteiger charge is -2.19. The van der Waals surface area contributed by atoms with Crippen molar-refractivity contribution in [3.63, 3.8) is 0 Å². The smallest absolute Gasteiger partial charge is 0.338 e. The van der Waals surface area contributed by atoms with E-state index in [4.69, 9.17) is 15.4 Å². The van der Waals surface area contributed by atoms with E-state index in [9.17, 15) is 4.79 Å². The Bertz CT molecular complexity index is 226. The average molecular weight is 188 g/mol. The predicted octanol–water partition coefficient (Wildman–Crippen LogP) is 0.805. The van der Waals surface area contributed by atoms with Crippen molar-refractivity contribution < 1.29 is 14.6 Å². The van der Waals surface area contributed by atoms with E-state index in [2.05, 4.69) is 10.0 Å². The van der Waals surface area contributed by atoms with Gasteiger partial charge in [0.15, 0.2) is 0 Å². The summed E-state index contributed by atoms with van der Waals surface area (Å²) in [5.41, 5.74) is 5.99. The SMILES string of the molecule is CC(C)(C)OCC(N=[N+]=N)C(=O)O. The highest BCUT2D eigenvalue weighted by Gasteiger charge is 2.24. The Morgan fingerprint density at radius 2 is 2.23 bits per heavy atom. The van der Waals surface area contributed by atoms with Crippen LogP contribution in [0, 0.1) is 5.53 Å². The van der Waals surface area contributed by atoms with Crippen LogP contribution in [0.3, 0.4) is 0 Å². The van der Waals surface area contributed by atoms with Crippen LogP contribution < -0.4 is 4.91 Å². The molecule has 0 fully saturated rings. The van der Waals surface area contributed by atoms with Crippen molar-refractivity contribution in [2.45, 2.75) is 32.4 Å². The fourth-order valence-electron chi connectivity index (χ4n) is 0.553. The van der Waals surface area contributed by atoms with Crippen LogP contribution in [0.25, 0.3) is 0 Å². The van der Waals surface area contributed by atoms with Gasteiger partial charge in [-0.15, -0.1) is 0 Å². The topological polar surface area (TPSA) is 96.8 Å². The van der Waals surface area contributed by atoms with Gasteiger partial charge in [0.25, 0.3) is 6.04 Å². The molecular weight excluding hydrogens is 174 g/mol. The summed E-state index contributed by atoms with van der Waals surface area (Å²) in [6, 6.07) is -1.09. The summed E-state index contributed by atoms with van der Waals surface area (Å²) in [6.07, 6.45) is 0. The van der Waals surface area contributed by atoms with Crippen LogP contribution in [0.5, 0.6) is 0 Å². The number of carboxylic acid groups (broad SMARTS) is 1. The fraction of sp³-hybridized carbons (Fsp3) is 0.857. The summed E-state index contributed by atoms with van der Waals surface area (Å²) in [6.45, 7) is 5.36. The first-order chi connectivity index (χ1) is 5.87. The summed E-state index contributed by atoms with van der Waals surface area (Å²) in [5.74, 6) is -1.14. The molecule has 0 bridgehead atoms. The summed E-state index contributed by atoms with van der Waals surface area (Å²) in [7, 11) is 0. The van der Waals surface area contributed by atoms with Crippen LogP contribution in [0.15, 0.2) is 5.11 Å². The van der Waals surface area contributed by atoms with Crippen molar-refractivity contribution in [1.82, 2.24) is 4.91 Å². The van der Waals surface area contributed by atoms with Crippen molar-refractivity contribution in [2.24, 2.45) is 5.11 Å². The normalized spacial score (nSPS) is 13.2. The first kappa shape index (κ1) is 11.7. The van der Waals surface area contributed by atoms with Gasteiger partial charge >= 0.3 is 5.97 Å². The van der Waals surface area contributed by atoms with E-state index in [0.29, 0.717) is 0 Å². The van der Waals surface area contributed by atoms with Gasteiger partial charge in [-0.1, -0.05) is 0 Å². The van der Waals surface area contributed by atoms with Gasteiger partial charge < -0.3 is 9.84 Å². The van der Waals surface area contributed by atoms with Crippen LogP contribution in [-0.4, -0.2) is 29.3 Å². The van der Waals surface area contributed by atoms with Gasteiger partial charge in [0.05, 0.1) is 12.2 Å². The van der Waals surface area contributed by atoms with Crippen molar-refractivity contribution in [3.05, 3.63) is 0 Å². The third-order valence-corrected chi connectivity index (χ3v) is 1.16. The summed E-state index contributed by atoms with van der Waals surface area (Å²) < 4.78 is 5.19. The third-order valence-electron chi connectivity index (χ3n) is 1.16. The van der Waals surface area contributed by atoms with Crippen molar-refractivity contribution >= 4 is 5.97 Å². The van der Waals surface area contributed by atoms with Crippen LogP contribution >= 0.6 is 0 Å².